The maximum Gasteiger partial charge on any atom is 0.338 e. The van der Waals surface area contributed by atoms with Gasteiger partial charge in [0.1, 0.15) is 5.69 Å². The molecule has 0 aliphatic heterocycles. The van der Waals surface area contributed by atoms with Crippen LogP contribution in [0.25, 0.3) is 0 Å². The molecule has 0 atom stereocenters. The average molecular weight is 351 g/mol. The Balaban J connectivity index is 2.56. The first-order valence-corrected chi connectivity index (χ1v) is 6.73. The lowest BCUT2D eigenvalue weighted by atomic mass is 10.1. The van der Waals surface area contributed by atoms with Crippen LogP contribution in [0.3, 0.4) is 0 Å². The minimum absolute atomic E-state index is 0.0274. The minimum Gasteiger partial charge on any atom is -0.478 e. The molecule has 2 aromatic rings. The highest BCUT2D eigenvalue weighted by molar-refractivity contribution is 9.10. The summed E-state index contributed by atoms with van der Waals surface area (Å²) in [4.78, 5) is 21.7. The summed E-state index contributed by atoms with van der Waals surface area (Å²) in [6.07, 6.45) is 0. The van der Waals surface area contributed by atoms with Crippen molar-refractivity contribution in [2.24, 2.45) is 0 Å². The summed E-state index contributed by atoms with van der Waals surface area (Å²) in [6.45, 7) is 1.82. The zero-order valence-electron chi connectivity index (χ0n) is 11.0. The van der Waals surface area contributed by atoms with E-state index in [2.05, 4.69) is 21.2 Å². The van der Waals surface area contributed by atoms with Gasteiger partial charge in [0.15, 0.2) is 0 Å². The Kier molecular flexibility index (Phi) is 4.23. The number of hydrogen-bond acceptors (Lipinski definition) is 4. The number of nitrogens with one attached hydrogen (secondary N) is 1. The van der Waals surface area contributed by atoms with E-state index in [1.165, 1.54) is 18.2 Å². The number of carboxylic acids is 1. The van der Waals surface area contributed by atoms with Crippen LogP contribution >= 0.6 is 15.9 Å². The molecule has 0 saturated heterocycles. The van der Waals surface area contributed by atoms with Gasteiger partial charge in [-0.1, -0.05) is 22.0 Å². The monoisotopic (exact) mass is 350 g/mol. The molecule has 21 heavy (non-hydrogen) atoms. The molecular formula is C14H11BrN2O4. The number of aryl methyl sites for hydroxylation is 1. The standard InChI is InChI=1S/C14H11BrN2O4/c1-8-7-9(15)5-6-11(8)16-13-10(14(18)19)3-2-4-12(13)17(20)21/h2-7,16H,1H3,(H,18,19). The Bertz CT molecular complexity index is 699. The van der Waals surface area contributed by atoms with Crippen LogP contribution in [0.15, 0.2) is 40.9 Å². The van der Waals surface area contributed by atoms with Gasteiger partial charge in [0.2, 0.25) is 0 Å². The van der Waals surface area contributed by atoms with Gasteiger partial charge >= 0.3 is 5.97 Å². The number of aromatic carboxylic acids is 1. The fourth-order valence-electron chi connectivity index (χ4n) is 1.90. The van der Waals surface area contributed by atoms with Crippen LogP contribution in [0, 0.1) is 17.0 Å². The molecular weight excluding hydrogens is 340 g/mol. The van der Waals surface area contributed by atoms with Crippen LogP contribution in [0.5, 0.6) is 0 Å². The molecule has 0 bridgehead atoms. The number of rotatable bonds is 4. The summed E-state index contributed by atoms with van der Waals surface area (Å²) in [7, 11) is 0. The van der Waals surface area contributed by atoms with Crippen molar-refractivity contribution in [3.05, 3.63) is 62.1 Å². The molecule has 0 fully saturated rings. The Morgan fingerprint density at radius 3 is 2.62 bits per heavy atom. The number of nitrogens with zero attached hydrogens (tertiary/aromatic N) is 1. The second-order valence-corrected chi connectivity index (χ2v) is 5.26. The zero-order chi connectivity index (χ0) is 15.6. The van der Waals surface area contributed by atoms with E-state index in [1.807, 2.05) is 13.0 Å². The second-order valence-electron chi connectivity index (χ2n) is 4.35. The summed E-state index contributed by atoms with van der Waals surface area (Å²) in [5.74, 6) is -1.23. The third-order valence-corrected chi connectivity index (χ3v) is 3.41. The third-order valence-electron chi connectivity index (χ3n) is 2.92. The van der Waals surface area contributed by atoms with Crippen molar-refractivity contribution in [2.45, 2.75) is 6.92 Å². The molecule has 0 aliphatic rings. The SMILES string of the molecule is Cc1cc(Br)ccc1Nc1c(C(=O)O)cccc1[N+](=O)[O-]. The van der Waals surface area contributed by atoms with Gasteiger partial charge in [-0.2, -0.15) is 0 Å². The zero-order valence-corrected chi connectivity index (χ0v) is 12.5. The van der Waals surface area contributed by atoms with Crippen molar-refractivity contribution in [2.75, 3.05) is 5.32 Å². The van der Waals surface area contributed by atoms with Gasteiger partial charge in [-0.05, 0) is 36.8 Å². The maximum atomic E-state index is 11.3. The molecule has 7 heteroatoms. The Morgan fingerprint density at radius 1 is 1.33 bits per heavy atom. The van der Waals surface area contributed by atoms with E-state index in [-0.39, 0.29) is 16.9 Å². The molecule has 2 aromatic carbocycles. The van der Waals surface area contributed by atoms with Gasteiger partial charge < -0.3 is 10.4 Å². The molecule has 0 amide bonds. The molecule has 2 rings (SSSR count). The number of carbonyl (C=O) groups is 1. The number of hydrogen-bond donors (Lipinski definition) is 2. The van der Waals surface area contributed by atoms with Crippen molar-refractivity contribution >= 4 is 39.0 Å². The van der Waals surface area contributed by atoms with Gasteiger partial charge in [-0.3, -0.25) is 10.1 Å². The summed E-state index contributed by atoms with van der Waals surface area (Å²) < 4.78 is 0.867. The lowest BCUT2D eigenvalue weighted by Gasteiger charge is -2.12. The molecule has 0 heterocycles. The lowest BCUT2D eigenvalue weighted by molar-refractivity contribution is -0.383. The molecule has 0 aliphatic carbocycles. The summed E-state index contributed by atoms with van der Waals surface area (Å²) in [5, 5.41) is 23.1. The molecule has 0 radical (unpaired) electrons. The van der Waals surface area contributed by atoms with Crippen LogP contribution in [-0.2, 0) is 0 Å². The van der Waals surface area contributed by atoms with Crippen LogP contribution in [-0.4, -0.2) is 16.0 Å². The number of nitro groups is 1. The number of carboxylic acid groups (broad SMARTS) is 1. The van der Waals surface area contributed by atoms with Gasteiger partial charge in [-0.25, -0.2) is 4.79 Å². The molecule has 108 valence electrons. The van der Waals surface area contributed by atoms with Crippen molar-refractivity contribution in [3.63, 3.8) is 0 Å². The Labute approximate surface area is 128 Å². The summed E-state index contributed by atoms with van der Waals surface area (Å²) >= 11 is 3.33. The predicted octanol–water partition coefficient (Wildman–Crippen LogP) is 4.11. The highest BCUT2D eigenvalue weighted by Gasteiger charge is 2.21. The Morgan fingerprint density at radius 2 is 2.05 bits per heavy atom. The van der Waals surface area contributed by atoms with Crippen LogP contribution in [0.4, 0.5) is 17.1 Å². The van der Waals surface area contributed by atoms with E-state index in [1.54, 1.807) is 12.1 Å². The highest BCUT2D eigenvalue weighted by Crippen LogP contribution is 2.33. The molecule has 0 aromatic heterocycles. The first-order valence-electron chi connectivity index (χ1n) is 5.94. The van der Waals surface area contributed by atoms with Crippen LogP contribution < -0.4 is 5.32 Å². The maximum absolute atomic E-state index is 11.3. The van der Waals surface area contributed by atoms with Crippen LogP contribution in [0.1, 0.15) is 15.9 Å². The smallest absolute Gasteiger partial charge is 0.338 e. The molecule has 0 saturated carbocycles. The molecule has 0 spiro atoms. The first kappa shape index (κ1) is 15.0. The number of halogens is 1. The first-order chi connectivity index (χ1) is 9.90. The van der Waals surface area contributed by atoms with E-state index in [0.29, 0.717) is 5.69 Å². The number of benzene rings is 2. The quantitative estimate of drug-likeness (QED) is 0.639. The fraction of sp³-hybridized carbons (Fsp3) is 0.0714. The minimum atomic E-state index is -1.23. The number of anilines is 2. The van der Waals surface area contributed by atoms with E-state index in [4.69, 9.17) is 0 Å². The van der Waals surface area contributed by atoms with Crippen molar-refractivity contribution in [1.29, 1.82) is 0 Å². The van der Waals surface area contributed by atoms with Gasteiger partial charge in [0.25, 0.3) is 5.69 Å². The van der Waals surface area contributed by atoms with Gasteiger partial charge in [0, 0.05) is 16.2 Å². The van der Waals surface area contributed by atoms with E-state index in [0.717, 1.165) is 10.0 Å². The lowest BCUT2D eigenvalue weighted by Crippen LogP contribution is -2.06. The van der Waals surface area contributed by atoms with Crippen molar-refractivity contribution < 1.29 is 14.8 Å². The van der Waals surface area contributed by atoms with E-state index in [9.17, 15) is 20.0 Å². The average Bonchev–Trinajstić information content (AvgIpc) is 2.41. The molecule has 0 unspecified atom stereocenters. The van der Waals surface area contributed by atoms with Crippen molar-refractivity contribution in [1.82, 2.24) is 0 Å². The largest absolute Gasteiger partial charge is 0.478 e. The van der Waals surface area contributed by atoms with Crippen molar-refractivity contribution in [3.8, 4) is 0 Å². The normalized spacial score (nSPS) is 10.2. The molecule has 6 nitrogen and oxygen atoms in total. The number of para-hydroxylation sites is 1. The van der Waals surface area contributed by atoms with Gasteiger partial charge in [-0.15, -0.1) is 0 Å². The molecule has 2 N–H and O–H groups in total. The fourth-order valence-corrected chi connectivity index (χ4v) is 2.38. The topological polar surface area (TPSA) is 92.5 Å². The van der Waals surface area contributed by atoms with Crippen LogP contribution in [0.2, 0.25) is 0 Å². The van der Waals surface area contributed by atoms with E-state index >= 15 is 0 Å². The van der Waals surface area contributed by atoms with Gasteiger partial charge in [0.05, 0.1) is 10.5 Å². The second kappa shape index (κ2) is 5.92. The third kappa shape index (κ3) is 3.19. The summed E-state index contributed by atoms with van der Waals surface area (Å²) in [6, 6.07) is 9.26. The van der Waals surface area contributed by atoms with E-state index < -0.39 is 10.9 Å². The summed E-state index contributed by atoms with van der Waals surface area (Å²) in [5.41, 5.74) is 0.984. The Hall–Kier alpha value is -2.41. The predicted molar refractivity (Wildman–Crippen MR) is 82.2 cm³/mol. The highest BCUT2D eigenvalue weighted by atomic mass is 79.9. The number of nitro benzene ring substituents is 1.